The minimum absolute atomic E-state index is 0.294. The van der Waals surface area contributed by atoms with E-state index in [1.54, 1.807) is 19.1 Å². The van der Waals surface area contributed by atoms with E-state index in [2.05, 4.69) is 10.6 Å². The number of aryl methyl sites for hydroxylation is 2. The molecule has 108 valence electrons. The third kappa shape index (κ3) is 2.89. The number of halogens is 1. The average Bonchev–Trinajstić information content (AvgIpc) is 2.50. The summed E-state index contributed by atoms with van der Waals surface area (Å²) in [6, 6.07) is 10.3. The number of benzene rings is 2. The van der Waals surface area contributed by atoms with Crippen LogP contribution in [0.25, 0.3) is 0 Å². The largest absolute Gasteiger partial charge is 0.385 e. The predicted octanol–water partition coefficient (Wildman–Crippen LogP) is 3.74. The Morgan fingerprint density at radius 3 is 2.90 bits per heavy atom. The minimum Gasteiger partial charge on any atom is -0.385 e. The van der Waals surface area contributed by atoms with E-state index in [0.717, 1.165) is 30.8 Å². The van der Waals surface area contributed by atoms with Gasteiger partial charge >= 0.3 is 0 Å². The quantitative estimate of drug-likeness (QED) is 0.882. The summed E-state index contributed by atoms with van der Waals surface area (Å²) >= 11 is 0. The van der Waals surface area contributed by atoms with Crippen molar-refractivity contribution in [1.29, 1.82) is 0 Å². The van der Waals surface area contributed by atoms with Gasteiger partial charge in [0, 0.05) is 23.5 Å². The second-order valence-corrected chi connectivity index (χ2v) is 5.32. The Labute approximate surface area is 123 Å². The molecule has 3 rings (SSSR count). The van der Waals surface area contributed by atoms with Crippen molar-refractivity contribution in [1.82, 2.24) is 0 Å². The molecule has 21 heavy (non-hydrogen) atoms. The lowest BCUT2D eigenvalue weighted by molar-refractivity contribution is 0.102. The second-order valence-electron chi connectivity index (χ2n) is 5.32. The molecule has 0 saturated carbocycles. The molecular formula is C17H17FN2O. The van der Waals surface area contributed by atoms with Crippen LogP contribution in [0.4, 0.5) is 15.8 Å². The van der Waals surface area contributed by atoms with Gasteiger partial charge in [-0.2, -0.15) is 0 Å². The van der Waals surface area contributed by atoms with E-state index >= 15 is 0 Å². The van der Waals surface area contributed by atoms with E-state index in [1.165, 1.54) is 11.6 Å². The van der Waals surface area contributed by atoms with Crippen LogP contribution >= 0.6 is 0 Å². The Bertz CT molecular complexity index is 697. The van der Waals surface area contributed by atoms with E-state index < -0.39 is 0 Å². The topological polar surface area (TPSA) is 41.1 Å². The number of fused-ring (bicyclic) bond motifs is 1. The SMILES string of the molecule is Cc1ccc(C(=O)Nc2ccc3c(c2)CCCN3)cc1F. The van der Waals surface area contributed by atoms with Gasteiger partial charge in [-0.1, -0.05) is 6.07 Å². The van der Waals surface area contributed by atoms with Crippen LogP contribution in [0.1, 0.15) is 27.9 Å². The first kappa shape index (κ1) is 13.6. The van der Waals surface area contributed by atoms with E-state index in [0.29, 0.717) is 11.1 Å². The number of hydrogen-bond donors (Lipinski definition) is 2. The fraction of sp³-hybridized carbons (Fsp3) is 0.235. The maximum Gasteiger partial charge on any atom is 0.255 e. The molecule has 3 nitrogen and oxygen atoms in total. The number of hydrogen-bond acceptors (Lipinski definition) is 2. The van der Waals surface area contributed by atoms with Gasteiger partial charge in [-0.25, -0.2) is 4.39 Å². The highest BCUT2D eigenvalue weighted by Crippen LogP contribution is 2.25. The molecule has 1 amide bonds. The van der Waals surface area contributed by atoms with E-state index in [-0.39, 0.29) is 11.7 Å². The summed E-state index contributed by atoms with van der Waals surface area (Å²) in [5.74, 6) is -0.657. The van der Waals surface area contributed by atoms with Crippen molar-refractivity contribution >= 4 is 17.3 Å². The molecule has 0 aliphatic carbocycles. The standard InChI is InChI=1S/C17H17FN2O/c1-11-4-5-13(10-15(11)18)17(21)20-14-6-7-16-12(9-14)3-2-8-19-16/h4-7,9-10,19H,2-3,8H2,1H3,(H,20,21). The molecule has 2 aromatic rings. The molecule has 1 heterocycles. The summed E-state index contributed by atoms with van der Waals surface area (Å²) in [4.78, 5) is 12.2. The van der Waals surface area contributed by atoms with Gasteiger partial charge in [-0.3, -0.25) is 4.79 Å². The highest BCUT2D eigenvalue weighted by atomic mass is 19.1. The summed E-state index contributed by atoms with van der Waals surface area (Å²) in [7, 11) is 0. The summed E-state index contributed by atoms with van der Waals surface area (Å²) in [6.45, 7) is 2.66. The lowest BCUT2D eigenvalue weighted by Crippen LogP contribution is -2.15. The molecule has 1 aliphatic heterocycles. The normalized spacial score (nSPS) is 13.2. The third-order valence-electron chi connectivity index (χ3n) is 3.74. The maximum absolute atomic E-state index is 13.5. The predicted molar refractivity (Wildman–Crippen MR) is 82.3 cm³/mol. The zero-order valence-corrected chi connectivity index (χ0v) is 11.9. The molecule has 4 heteroatoms. The summed E-state index contributed by atoms with van der Waals surface area (Å²) in [5.41, 5.74) is 3.93. The van der Waals surface area contributed by atoms with Gasteiger partial charge in [-0.15, -0.1) is 0 Å². The molecule has 2 aromatic carbocycles. The molecule has 0 bridgehead atoms. The van der Waals surface area contributed by atoms with Crippen LogP contribution in [0.3, 0.4) is 0 Å². The molecule has 2 N–H and O–H groups in total. The van der Waals surface area contributed by atoms with Crippen LogP contribution in [0, 0.1) is 12.7 Å². The van der Waals surface area contributed by atoms with Gasteiger partial charge < -0.3 is 10.6 Å². The molecule has 1 aliphatic rings. The fourth-order valence-electron chi connectivity index (χ4n) is 2.49. The van der Waals surface area contributed by atoms with Crippen LogP contribution < -0.4 is 10.6 Å². The van der Waals surface area contributed by atoms with Crippen LogP contribution in [0.2, 0.25) is 0 Å². The van der Waals surface area contributed by atoms with Gasteiger partial charge in [-0.05, 0) is 61.2 Å². The first-order chi connectivity index (χ1) is 10.1. The average molecular weight is 284 g/mol. The lowest BCUT2D eigenvalue weighted by atomic mass is 10.0. The highest BCUT2D eigenvalue weighted by Gasteiger charge is 2.12. The smallest absolute Gasteiger partial charge is 0.255 e. The first-order valence-electron chi connectivity index (χ1n) is 7.08. The lowest BCUT2D eigenvalue weighted by Gasteiger charge is -2.18. The van der Waals surface area contributed by atoms with Crippen molar-refractivity contribution < 1.29 is 9.18 Å². The van der Waals surface area contributed by atoms with Gasteiger partial charge in [0.1, 0.15) is 5.82 Å². The van der Waals surface area contributed by atoms with E-state index in [9.17, 15) is 9.18 Å². The number of carbonyl (C=O) groups excluding carboxylic acids is 1. The Morgan fingerprint density at radius 1 is 1.24 bits per heavy atom. The van der Waals surface area contributed by atoms with Crippen LogP contribution in [-0.4, -0.2) is 12.5 Å². The molecule has 0 radical (unpaired) electrons. The van der Waals surface area contributed by atoms with Crippen molar-refractivity contribution in [2.24, 2.45) is 0 Å². The minimum atomic E-state index is -0.364. The van der Waals surface area contributed by atoms with Gasteiger partial charge in [0.25, 0.3) is 5.91 Å². The summed E-state index contributed by atoms with van der Waals surface area (Å²) < 4.78 is 13.5. The van der Waals surface area contributed by atoms with Crippen LogP contribution in [-0.2, 0) is 6.42 Å². The van der Waals surface area contributed by atoms with Crippen LogP contribution in [0.5, 0.6) is 0 Å². The molecule has 0 aromatic heterocycles. The van der Waals surface area contributed by atoms with Crippen molar-refractivity contribution in [3.63, 3.8) is 0 Å². The van der Waals surface area contributed by atoms with Gasteiger partial charge in [0.15, 0.2) is 0 Å². The van der Waals surface area contributed by atoms with Crippen LogP contribution in [0.15, 0.2) is 36.4 Å². The number of nitrogens with one attached hydrogen (secondary N) is 2. The van der Waals surface area contributed by atoms with Crippen molar-refractivity contribution in [2.45, 2.75) is 19.8 Å². The number of rotatable bonds is 2. The Balaban J connectivity index is 1.79. The molecular weight excluding hydrogens is 267 g/mol. The van der Waals surface area contributed by atoms with Crippen molar-refractivity contribution in [3.8, 4) is 0 Å². The number of carbonyl (C=O) groups is 1. The summed E-state index contributed by atoms with van der Waals surface area (Å²) in [5, 5.41) is 6.15. The molecule has 0 atom stereocenters. The first-order valence-corrected chi connectivity index (χ1v) is 7.08. The zero-order valence-electron chi connectivity index (χ0n) is 11.9. The number of anilines is 2. The summed E-state index contributed by atoms with van der Waals surface area (Å²) in [6.07, 6.45) is 2.10. The van der Waals surface area contributed by atoms with Crippen molar-refractivity contribution in [3.05, 3.63) is 58.9 Å². The fourth-order valence-corrected chi connectivity index (χ4v) is 2.49. The second kappa shape index (κ2) is 5.56. The van der Waals surface area contributed by atoms with Gasteiger partial charge in [0.05, 0.1) is 0 Å². The molecule has 0 saturated heterocycles. The Kier molecular flexibility index (Phi) is 3.60. The van der Waals surface area contributed by atoms with E-state index in [4.69, 9.17) is 0 Å². The van der Waals surface area contributed by atoms with E-state index in [1.807, 2.05) is 18.2 Å². The molecule has 0 spiro atoms. The third-order valence-corrected chi connectivity index (χ3v) is 3.74. The Morgan fingerprint density at radius 2 is 2.10 bits per heavy atom. The molecule has 0 unspecified atom stereocenters. The van der Waals surface area contributed by atoms with Gasteiger partial charge in [0.2, 0.25) is 0 Å². The molecule has 0 fully saturated rings. The maximum atomic E-state index is 13.5. The number of amides is 1. The monoisotopic (exact) mass is 284 g/mol. The van der Waals surface area contributed by atoms with Crippen molar-refractivity contribution in [2.75, 3.05) is 17.2 Å². The highest BCUT2D eigenvalue weighted by molar-refractivity contribution is 6.04. The zero-order chi connectivity index (χ0) is 14.8. The Hall–Kier alpha value is -2.36.